The van der Waals surface area contributed by atoms with Crippen LogP contribution in [-0.4, -0.2) is 53.8 Å². The zero-order chi connectivity index (χ0) is 19.0. The summed E-state index contributed by atoms with van der Waals surface area (Å²) >= 11 is 0. The first-order valence-electron chi connectivity index (χ1n) is 7.77. The first kappa shape index (κ1) is 23.7. The fourth-order valence-corrected chi connectivity index (χ4v) is 5.01. The Morgan fingerprint density at radius 3 is 1.88 bits per heavy atom. The van der Waals surface area contributed by atoms with Crippen molar-refractivity contribution in [3.63, 3.8) is 0 Å². The maximum atomic E-state index is 11.9. The van der Waals surface area contributed by atoms with Crippen molar-refractivity contribution < 1.29 is 38.6 Å². The van der Waals surface area contributed by atoms with Crippen LogP contribution in [0.3, 0.4) is 0 Å². The molecule has 24 heavy (non-hydrogen) atoms. The molecule has 0 heterocycles. The van der Waals surface area contributed by atoms with Crippen LogP contribution in [0.25, 0.3) is 0 Å². The van der Waals surface area contributed by atoms with Gasteiger partial charge in [0.15, 0.2) is 0 Å². The normalized spacial score (nSPS) is 13.5. The molecule has 144 valence electrons. The van der Waals surface area contributed by atoms with Gasteiger partial charge in [0.2, 0.25) is 5.02 Å². The number of carbonyl (C=O) groups is 1. The van der Waals surface area contributed by atoms with Crippen molar-refractivity contribution in [1.29, 1.82) is 0 Å². The average molecular weight is 390 g/mol. The summed E-state index contributed by atoms with van der Waals surface area (Å²) in [5, 5.41) is 7.09. The third-order valence-corrected chi connectivity index (χ3v) is 7.68. The van der Waals surface area contributed by atoms with E-state index >= 15 is 0 Å². The molecule has 0 unspecified atom stereocenters. The van der Waals surface area contributed by atoms with Gasteiger partial charge in [0.1, 0.15) is 6.54 Å². The fourth-order valence-electron chi connectivity index (χ4n) is 2.21. The summed E-state index contributed by atoms with van der Waals surface area (Å²) in [5.74, 6) is -1.28. The number of aliphatic carboxylic acids is 1. The second-order valence-corrected chi connectivity index (χ2v) is 9.70. The maximum absolute atomic E-state index is 11.9. The fraction of sp³-hybridized carbons (Fsp3) is 0.917. The molecular formula is C12H28N2O8P2. The van der Waals surface area contributed by atoms with Crippen molar-refractivity contribution in [3.8, 4) is 0 Å². The number of nitrogens with one attached hydrogen (secondary N) is 1. The molecule has 0 aliphatic heterocycles. The number of hydrogen-bond acceptors (Lipinski definition) is 5. The number of unbranched alkanes of at least 4 members (excludes halogenated alkanes) is 3. The predicted molar refractivity (Wildman–Crippen MR) is 88.2 cm³/mol. The van der Waals surface area contributed by atoms with Crippen molar-refractivity contribution >= 4 is 21.2 Å². The number of carboxylic acid groups (broad SMARTS) is 1. The molecule has 0 aromatic carbocycles. The molecule has 0 aromatic heterocycles. The third-order valence-electron chi connectivity index (χ3n) is 3.54. The van der Waals surface area contributed by atoms with Gasteiger partial charge < -0.3 is 24.7 Å². The lowest BCUT2D eigenvalue weighted by Crippen LogP contribution is -2.55. The van der Waals surface area contributed by atoms with Gasteiger partial charge >= 0.3 is 21.2 Å². The Bertz CT molecular complexity index is 467. The standard InChI is InChI=1S/C12H28N2O8P2/c1-3-5-7-9-14(10-11(15)16)13-12(8-6-4-2,23(17,18)19)24(20,21)22/h13H,3-10H2,1-2H3,(H,15,16)(H2,17,18,19)(H2,20,21,22). The summed E-state index contributed by atoms with van der Waals surface area (Å²) in [6.45, 7) is 3.08. The van der Waals surface area contributed by atoms with Gasteiger partial charge in [-0.25, -0.2) is 10.4 Å². The lowest BCUT2D eigenvalue weighted by Gasteiger charge is -2.39. The van der Waals surface area contributed by atoms with Gasteiger partial charge in [-0.1, -0.05) is 39.5 Å². The summed E-state index contributed by atoms with van der Waals surface area (Å²) < 4.78 is 23.8. The van der Waals surface area contributed by atoms with Crippen LogP contribution in [0.5, 0.6) is 0 Å². The van der Waals surface area contributed by atoms with Crippen molar-refractivity contribution in [3.05, 3.63) is 0 Å². The highest BCUT2D eigenvalue weighted by Gasteiger charge is 2.60. The van der Waals surface area contributed by atoms with Crippen molar-refractivity contribution in [2.24, 2.45) is 0 Å². The Balaban J connectivity index is 5.68. The topological polar surface area (TPSA) is 168 Å². The Morgan fingerprint density at radius 1 is 1.00 bits per heavy atom. The predicted octanol–water partition coefficient (Wildman–Crippen LogP) is 1.27. The molecule has 12 heteroatoms. The molecule has 0 atom stereocenters. The number of carboxylic acids is 1. The van der Waals surface area contributed by atoms with E-state index in [-0.39, 0.29) is 13.0 Å². The quantitative estimate of drug-likeness (QED) is 0.153. The van der Waals surface area contributed by atoms with Crippen LogP contribution in [0.15, 0.2) is 0 Å². The van der Waals surface area contributed by atoms with Crippen LogP contribution in [0.2, 0.25) is 0 Å². The van der Waals surface area contributed by atoms with E-state index in [4.69, 9.17) is 5.11 Å². The van der Waals surface area contributed by atoms with E-state index in [9.17, 15) is 33.5 Å². The van der Waals surface area contributed by atoms with Gasteiger partial charge in [0.25, 0.3) is 0 Å². The second kappa shape index (κ2) is 9.99. The lowest BCUT2D eigenvalue weighted by molar-refractivity contribution is -0.139. The van der Waals surface area contributed by atoms with Gasteiger partial charge in [-0.05, 0) is 12.8 Å². The molecule has 0 amide bonds. The summed E-state index contributed by atoms with van der Waals surface area (Å²) in [6, 6.07) is 0. The molecule has 0 saturated heterocycles. The maximum Gasteiger partial charge on any atom is 0.359 e. The molecular weight excluding hydrogens is 362 g/mol. The summed E-state index contributed by atoms with van der Waals surface area (Å²) in [6.07, 6.45) is 2.21. The van der Waals surface area contributed by atoms with Crippen molar-refractivity contribution in [2.45, 2.75) is 57.4 Å². The van der Waals surface area contributed by atoms with Gasteiger partial charge in [-0.15, -0.1) is 0 Å². The Labute approximate surface area is 141 Å². The van der Waals surface area contributed by atoms with Crippen molar-refractivity contribution in [2.75, 3.05) is 13.1 Å². The van der Waals surface area contributed by atoms with Crippen LogP contribution in [0, 0.1) is 0 Å². The molecule has 0 rings (SSSR count). The molecule has 0 fully saturated rings. The Hall–Kier alpha value is -0.310. The highest BCUT2D eigenvalue weighted by Crippen LogP contribution is 2.69. The van der Waals surface area contributed by atoms with Crippen LogP contribution in [-0.2, 0) is 13.9 Å². The first-order chi connectivity index (χ1) is 10.9. The van der Waals surface area contributed by atoms with Crippen LogP contribution in [0.1, 0.15) is 52.4 Å². The summed E-state index contributed by atoms with van der Waals surface area (Å²) in [5.41, 5.74) is 2.20. The van der Waals surface area contributed by atoms with E-state index in [2.05, 4.69) is 5.43 Å². The highest BCUT2D eigenvalue weighted by atomic mass is 31.2. The lowest BCUT2D eigenvalue weighted by atomic mass is 10.2. The average Bonchev–Trinajstić information content (AvgIpc) is 2.40. The van der Waals surface area contributed by atoms with E-state index < -0.39 is 39.1 Å². The van der Waals surface area contributed by atoms with Crippen LogP contribution < -0.4 is 5.43 Å². The molecule has 0 bridgehead atoms. The molecule has 0 aliphatic carbocycles. The number of nitrogens with zero attached hydrogens (tertiary/aromatic N) is 1. The zero-order valence-corrected chi connectivity index (χ0v) is 15.7. The number of hydrogen-bond donors (Lipinski definition) is 6. The monoisotopic (exact) mass is 390 g/mol. The van der Waals surface area contributed by atoms with Gasteiger partial charge in [0, 0.05) is 6.54 Å². The minimum atomic E-state index is -5.30. The second-order valence-electron chi connectivity index (χ2n) is 5.64. The third kappa shape index (κ3) is 6.90. The molecule has 0 radical (unpaired) electrons. The Morgan fingerprint density at radius 2 is 1.50 bits per heavy atom. The number of rotatable bonds is 13. The highest BCUT2D eigenvalue weighted by molar-refractivity contribution is 7.72. The minimum absolute atomic E-state index is 0.0913. The molecule has 0 aliphatic rings. The van der Waals surface area contributed by atoms with E-state index in [1.165, 1.54) is 0 Å². The molecule has 0 spiro atoms. The number of hydrazine groups is 1. The molecule has 0 saturated carbocycles. The largest absolute Gasteiger partial charge is 0.480 e. The Kier molecular flexibility index (Phi) is 9.86. The van der Waals surface area contributed by atoms with Crippen LogP contribution >= 0.6 is 15.2 Å². The summed E-state index contributed by atoms with van der Waals surface area (Å²) in [7, 11) is -10.6. The van der Waals surface area contributed by atoms with Crippen molar-refractivity contribution in [1.82, 2.24) is 10.4 Å². The zero-order valence-electron chi connectivity index (χ0n) is 14.0. The first-order valence-corrected chi connectivity index (χ1v) is 11.0. The van der Waals surface area contributed by atoms with E-state index in [0.717, 1.165) is 17.9 Å². The smallest absolute Gasteiger partial charge is 0.359 e. The molecule has 6 N–H and O–H groups in total. The van der Waals surface area contributed by atoms with Gasteiger partial charge in [-0.2, -0.15) is 0 Å². The SMILES string of the molecule is CCCCCN(CC(=O)O)NC(CCCC)(P(=O)(O)O)P(=O)(O)O. The van der Waals surface area contributed by atoms with E-state index in [1.807, 2.05) is 6.92 Å². The minimum Gasteiger partial charge on any atom is -0.480 e. The van der Waals surface area contributed by atoms with E-state index in [1.54, 1.807) is 6.92 Å². The van der Waals surface area contributed by atoms with Crippen LogP contribution in [0.4, 0.5) is 0 Å². The van der Waals surface area contributed by atoms with Gasteiger partial charge in [0.05, 0.1) is 0 Å². The van der Waals surface area contributed by atoms with Gasteiger partial charge in [-0.3, -0.25) is 13.9 Å². The van der Waals surface area contributed by atoms with E-state index in [0.29, 0.717) is 12.8 Å². The molecule has 0 aromatic rings. The molecule has 10 nitrogen and oxygen atoms in total. The summed E-state index contributed by atoms with van der Waals surface area (Å²) in [4.78, 5) is 49.5.